The molecule has 0 amide bonds. The van der Waals surface area contributed by atoms with E-state index in [1.54, 1.807) is 24.5 Å². The molecule has 0 aliphatic heterocycles. The number of aliphatic carboxylic acids is 1. The van der Waals surface area contributed by atoms with Gasteiger partial charge in [-0.1, -0.05) is 6.07 Å². The van der Waals surface area contributed by atoms with E-state index in [2.05, 4.69) is 4.98 Å². The van der Waals surface area contributed by atoms with Gasteiger partial charge in [0.05, 0.1) is 6.42 Å². The van der Waals surface area contributed by atoms with Gasteiger partial charge in [0.25, 0.3) is 0 Å². The van der Waals surface area contributed by atoms with Crippen molar-refractivity contribution in [3.05, 3.63) is 30.1 Å². The molecule has 0 radical (unpaired) electrons. The molecule has 0 aliphatic rings. The van der Waals surface area contributed by atoms with E-state index in [1.807, 2.05) is 0 Å². The van der Waals surface area contributed by atoms with Gasteiger partial charge in [0, 0.05) is 18.4 Å². The summed E-state index contributed by atoms with van der Waals surface area (Å²) >= 11 is 0. The van der Waals surface area contributed by atoms with E-state index in [0.717, 1.165) is 5.56 Å². The molecule has 1 aromatic heterocycles. The third kappa shape index (κ3) is 5.01. The Labute approximate surface area is 94.3 Å². The van der Waals surface area contributed by atoms with Crippen molar-refractivity contribution in [3.63, 3.8) is 0 Å². The smallest absolute Gasteiger partial charge is 0.305 e. The van der Waals surface area contributed by atoms with Gasteiger partial charge in [-0.2, -0.15) is 0 Å². The van der Waals surface area contributed by atoms with Gasteiger partial charge in [-0.15, -0.1) is 24.8 Å². The highest BCUT2D eigenvalue weighted by Crippen LogP contribution is 2.11. The Kier molecular flexibility index (Phi) is 8.43. The van der Waals surface area contributed by atoms with Gasteiger partial charge in [-0.05, 0) is 11.6 Å². The second kappa shape index (κ2) is 7.55. The molecule has 1 heterocycles. The van der Waals surface area contributed by atoms with Crippen molar-refractivity contribution in [1.82, 2.24) is 4.98 Å². The average molecular weight is 239 g/mol. The number of carbonyl (C=O) groups is 1. The molecule has 0 saturated carbocycles. The van der Waals surface area contributed by atoms with Crippen molar-refractivity contribution in [2.24, 2.45) is 5.73 Å². The summed E-state index contributed by atoms with van der Waals surface area (Å²) in [7, 11) is 0. The molecule has 0 aromatic carbocycles. The number of hydrogen-bond acceptors (Lipinski definition) is 3. The normalized spacial score (nSPS) is 10.6. The molecule has 80 valence electrons. The fraction of sp³-hybridized carbons (Fsp3) is 0.250. The number of rotatable bonds is 3. The first kappa shape index (κ1) is 15.6. The summed E-state index contributed by atoms with van der Waals surface area (Å²) in [5.74, 6) is -0.897. The Morgan fingerprint density at radius 2 is 2.21 bits per heavy atom. The van der Waals surface area contributed by atoms with Crippen molar-refractivity contribution in [2.45, 2.75) is 12.5 Å². The molecule has 1 atom stereocenters. The van der Waals surface area contributed by atoms with Gasteiger partial charge in [0.15, 0.2) is 0 Å². The molecular weight excluding hydrogens is 227 g/mol. The summed E-state index contributed by atoms with van der Waals surface area (Å²) in [6, 6.07) is 3.04. The number of halogens is 2. The number of pyridine rings is 1. The predicted molar refractivity (Wildman–Crippen MR) is 57.9 cm³/mol. The minimum absolute atomic E-state index is 0. The molecule has 0 aliphatic carbocycles. The molecule has 0 unspecified atom stereocenters. The third-order valence-electron chi connectivity index (χ3n) is 1.51. The number of nitrogens with two attached hydrogens (primary N) is 1. The monoisotopic (exact) mass is 238 g/mol. The van der Waals surface area contributed by atoms with Crippen molar-refractivity contribution in [3.8, 4) is 0 Å². The second-order valence-corrected chi connectivity index (χ2v) is 2.49. The fourth-order valence-corrected chi connectivity index (χ4v) is 0.901. The summed E-state index contributed by atoms with van der Waals surface area (Å²) in [4.78, 5) is 14.1. The van der Waals surface area contributed by atoms with E-state index in [9.17, 15) is 4.79 Å². The number of carboxylic acids is 1. The number of nitrogens with zero attached hydrogens (tertiary/aromatic N) is 1. The number of carboxylic acid groups (broad SMARTS) is 1. The average Bonchev–Trinajstić information content (AvgIpc) is 2.05. The zero-order chi connectivity index (χ0) is 8.97. The molecule has 14 heavy (non-hydrogen) atoms. The van der Waals surface area contributed by atoms with Crippen LogP contribution >= 0.6 is 24.8 Å². The van der Waals surface area contributed by atoms with Crippen LogP contribution in [-0.2, 0) is 4.79 Å². The van der Waals surface area contributed by atoms with E-state index in [1.165, 1.54) is 0 Å². The van der Waals surface area contributed by atoms with E-state index < -0.39 is 12.0 Å². The summed E-state index contributed by atoms with van der Waals surface area (Å²) in [5, 5.41) is 8.44. The number of hydrogen-bond donors (Lipinski definition) is 2. The quantitative estimate of drug-likeness (QED) is 0.835. The second-order valence-electron chi connectivity index (χ2n) is 2.49. The van der Waals surface area contributed by atoms with Crippen LogP contribution < -0.4 is 5.73 Å². The lowest BCUT2D eigenvalue weighted by Crippen LogP contribution is -2.14. The SMILES string of the molecule is Cl.Cl.N[C@@H](CC(=O)O)c1cccnc1. The molecule has 0 fully saturated rings. The molecule has 0 saturated heterocycles. The zero-order valence-electron chi connectivity index (χ0n) is 7.29. The Balaban J connectivity index is 0. The molecular formula is C8H12Cl2N2O2. The largest absolute Gasteiger partial charge is 0.481 e. The summed E-state index contributed by atoms with van der Waals surface area (Å²) in [6.45, 7) is 0. The molecule has 0 bridgehead atoms. The Bertz CT molecular complexity index is 269. The van der Waals surface area contributed by atoms with Crippen LogP contribution in [0.4, 0.5) is 0 Å². The van der Waals surface area contributed by atoms with E-state index >= 15 is 0 Å². The first-order valence-corrected chi connectivity index (χ1v) is 3.57. The van der Waals surface area contributed by atoms with Crippen LogP contribution in [0.3, 0.4) is 0 Å². The van der Waals surface area contributed by atoms with Crippen LogP contribution in [0.1, 0.15) is 18.0 Å². The third-order valence-corrected chi connectivity index (χ3v) is 1.51. The minimum Gasteiger partial charge on any atom is -0.481 e. The van der Waals surface area contributed by atoms with Gasteiger partial charge < -0.3 is 10.8 Å². The highest BCUT2D eigenvalue weighted by atomic mass is 35.5. The highest BCUT2D eigenvalue weighted by molar-refractivity contribution is 5.85. The first-order chi connectivity index (χ1) is 5.70. The molecule has 6 heteroatoms. The van der Waals surface area contributed by atoms with Crippen LogP contribution in [0.15, 0.2) is 24.5 Å². The maximum absolute atomic E-state index is 10.3. The Morgan fingerprint density at radius 1 is 1.57 bits per heavy atom. The van der Waals surface area contributed by atoms with Crippen LogP contribution in [0.5, 0.6) is 0 Å². The van der Waals surface area contributed by atoms with Gasteiger partial charge in [-0.25, -0.2) is 0 Å². The summed E-state index contributed by atoms with van der Waals surface area (Å²) < 4.78 is 0. The first-order valence-electron chi connectivity index (χ1n) is 3.57. The summed E-state index contributed by atoms with van der Waals surface area (Å²) in [5.41, 5.74) is 6.33. The summed E-state index contributed by atoms with van der Waals surface area (Å²) in [6.07, 6.45) is 3.14. The van der Waals surface area contributed by atoms with Crippen molar-refractivity contribution >= 4 is 30.8 Å². The fourth-order valence-electron chi connectivity index (χ4n) is 0.901. The van der Waals surface area contributed by atoms with Gasteiger partial charge in [-0.3, -0.25) is 9.78 Å². The molecule has 0 spiro atoms. The van der Waals surface area contributed by atoms with Crippen molar-refractivity contribution in [1.29, 1.82) is 0 Å². The van der Waals surface area contributed by atoms with E-state index in [0.29, 0.717) is 0 Å². The standard InChI is InChI=1S/C8H10N2O2.2ClH/c9-7(4-8(11)12)6-2-1-3-10-5-6;;/h1-3,5,7H,4,9H2,(H,11,12);2*1H/t7-;;/m0../s1. The zero-order valence-corrected chi connectivity index (χ0v) is 8.92. The molecule has 1 rings (SSSR count). The minimum atomic E-state index is -0.897. The van der Waals surface area contributed by atoms with Crippen LogP contribution in [0.25, 0.3) is 0 Å². The van der Waals surface area contributed by atoms with Crippen LogP contribution in [-0.4, -0.2) is 16.1 Å². The van der Waals surface area contributed by atoms with Crippen molar-refractivity contribution < 1.29 is 9.90 Å². The van der Waals surface area contributed by atoms with Gasteiger partial charge in [0.1, 0.15) is 0 Å². The molecule has 1 aromatic rings. The van der Waals surface area contributed by atoms with Crippen LogP contribution in [0.2, 0.25) is 0 Å². The Hall–Kier alpha value is -0.840. The Morgan fingerprint density at radius 3 is 2.64 bits per heavy atom. The van der Waals surface area contributed by atoms with E-state index in [4.69, 9.17) is 10.8 Å². The predicted octanol–water partition coefficient (Wildman–Crippen LogP) is 1.40. The molecule has 4 nitrogen and oxygen atoms in total. The van der Waals surface area contributed by atoms with Crippen molar-refractivity contribution in [2.75, 3.05) is 0 Å². The van der Waals surface area contributed by atoms with E-state index in [-0.39, 0.29) is 31.2 Å². The lowest BCUT2D eigenvalue weighted by molar-refractivity contribution is -0.137. The lowest BCUT2D eigenvalue weighted by Gasteiger charge is -2.07. The van der Waals surface area contributed by atoms with Gasteiger partial charge >= 0.3 is 5.97 Å². The van der Waals surface area contributed by atoms with Crippen LogP contribution in [0, 0.1) is 0 Å². The maximum Gasteiger partial charge on any atom is 0.305 e. The highest BCUT2D eigenvalue weighted by Gasteiger charge is 2.09. The number of aromatic nitrogens is 1. The molecule has 3 N–H and O–H groups in total. The lowest BCUT2D eigenvalue weighted by atomic mass is 10.1. The van der Waals surface area contributed by atoms with Gasteiger partial charge in [0.2, 0.25) is 0 Å². The maximum atomic E-state index is 10.3. The topological polar surface area (TPSA) is 76.2 Å².